The molecule has 0 saturated carbocycles. The van der Waals surface area contributed by atoms with Crippen LogP contribution >= 0.6 is 11.8 Å². The van der Waals surface area contributed by atoms with Crippen molar-refractivity contribution in [1.82, 2.24) is 9.97 Å². The second-order valence-electron chi connectivity index (χ2n) is 8.17. The fourth-order valence-electron chi connectivity index (χ4n) is 3.94. The van der Waals surface area contributed by atoms with Gasteiger partial charge in [0.05, 0.1) is 24.0 Å². The lowest BCUT2D eigenvalue weighted by atomic mass is 9.83. The highest BCUT2D eigenvalue weighted by molar-refractivity contribution is 8.15. The fraction of sp³-hybridized carbons (Fsp3) is 0.391. The van der Waals surface area contributed by atoms with Crippen molar-refractivity contribution in [2.75, 3.05) is 25.6 Å². The molecule has 174 valence electrons. The predicted octanol–water partition coefficient (Wildman–Crippen LogP) is 3.26. The summed E-state index contributed by atoms with van der Waals surface area (Å²) >= 11 is 1.41. The number of rotatable bonds is 7. The quantitative estimate of drug-likeness (QED) is 0.596. The van der Waals surface area contributed by atoms with Gasteiger partial charge >= 0.3 is 0 Å². The van der Waals surface area contributed by atoms with E-state index in [0.717, 1.165) is 0 Å². The zero-order chi connectivity index (χ0) is 24.2. The number of methoxy groups -OCH3 is 1. The van der Waals surface area contributed by atoms with Crippen LogP contribution in [0.3, 0.4) is 0 Å². The number of hydrogen-bond donors (Lipinski definition) is 2. The van der Waals surface area contributed by atoms with E-state index in [0.29, 0.717) is 35.1 Å². The maximum atomic E-state index is 14.9. The van der Waals surface area contributed by atoms with Crippen LogP contribution in [0, 0.1) is 25.1 Å². The number of halogens is 1. The van der Waals surface area contributed by atoms with Gasteiger partial charge in [0.2, 0.25) is 5.88 Å². The zero-order valence-corrected chi connectivity index (χ0v) is 19.8. The number of aliphatic imine (C=N–C) groups is 1. The topological polar surface area (TPSA) is 112 Å². The number of ether oxygens (including phenoxy) is 2. The Balaban J connectivity index is 1.87. The molecular formula is C23H26FN5O3S. The second-order valence-corrected chi connectivity index (χ2v) is 9.78. The lowest BCUT2D eigenvalue weighted by Gasteiger charge is -2.41. The first-order valence-corrected chi connectivity index (χ1v) is 11.0. The van der Waals surface area contributed by atoms with Crippen LogP contribution in [0.2, 0.25) is 0 Å². The molecule has 0 bridgehead atoms. The van der Waals surface area contributed by atoms with Crippen LogP contribution in [0.5, 0.6) is 5.88 Å². The van der Waals surface area contributed by atoms with E-state index in [2.05, 4.69) is 26.2 Å². The van der Waals surface area contributed by atoms with E-state index in [-0.39, 0.29) is 22.9 Å². The Hall–Kier alpha value is -3.16. The van der Waals surface area contributed by atoms with E-state index in [1.807, 2.05) is 13.8 Å². The van der Waals surface area contributed by atoms with E-state index < -0.39 is 17.3 Å². The molecule has 0 radical (unpaired) electrons. The van der Waals surface area contributed by atoms with Crippen LogP contribution in [-0.4, -0.2) is 46.1 Å². The SMILES string of the molecule is C#CCOc1cnc(C(=O)Nc2ccc(F)c([C@]3(C)C[C@](C)(COC)SC(N)=N3)c2)c(C)n1. The Morgan fingerprint density at radius 2 is 2.18 bits per heavy atom. The number of hydrogen-bond acceptors (Lipinski definition) is 8. The van der Waals surface area contributed by atoms with Crippen molar-refractivity contribution in [3.63, 3.8) is 0 Å². The highest BCUT2D eigenvalue weighted by Gasteiger charge is 2.43. The zero-order valence-electron chi connectivity index (χ0n) is 18.9. The normalized spacial score (nSPS) is 22.2. The summed E-state index contributed by atoms with van der Waals surface area (Å²) in [5.41, 5.74) is 6.36. The van der Waals surface area contributed by atoms with Crippen molar-refractivity contribution in [1.29, 1.82) is 0 Å². The Labute approximate surface area is 196 Å². The average molecular weight is 472 g/mol. The molecule has 2 heterocycles. The number of thioether (sulfide) groups is 1. The third-order valence-corrected chi connectivity index (χ3v) is 6.18. The van der Waals surface area contributed by atoms with Crippen LogP contribution in [0.4, 0.5) is 10.1 Å². The monoisotopic (exact) mass is 471 g/mol. The summed E-state index contributed by atoms with van der Waals surface area (Å²) in [6, 6.07) is 4.35. The molecule has 0 saturated heterocycles. The highest BCUT2D eigenvalue weighted by Crippen LogP contribution is 2.46. The van der Waals surface area contributed by atoms with Gasteiger partial charge in [-0.05, 0) is 45.4 Å². The van der Waals surface area contributed by atoms with Gasteiger partial charge < -0.3 is 20.5 Å². The van der Waals surface area contributed by atoms with Crippen molar-refractivity contribution in [3.05, 3.63) is 47.2 Å². The molecule has 2 atom stereocenters. The number of nitrogens with one attached hydrogen (secondary N) is 1. The minimum absolute atomic E-state index is 0.0473. The fourth-order valence-corrected chi connectivity index (χ4v) is 5.22. The molecule has 1 aromatic heterocycles. The first kappa shape index (κ1) is 24.5. The molecule has 1 aliphatic heterocycles. The predicted molar refractivity (Wildman–Crippen MR) is 127 cm³/mol. The number of amidine groups is 1. The molecular weight excluding hydrogens is 445 g/mol. The molecule has 1 aromatic carbocycles. The van der Waals surface area contributed by atoms with Gasteiger partial charge in [0.25, 0.3) is 5.91 Å². The van der Waals surface area contributed by atoms with Gasteiger partial charge in [0.15, 0.2) is 11.8 Å². The van der Waals surface area contributed by atoms with Crippen molar-refractivity contribution in [2.24, 2.45) is 10.7 Å². The van der Waals surface area contributed by atoms with Crippen molar-refractivity contribution in [3.8, 4) is 18.2 Å². The van der Waals surface area contributed by atoms with E-state index in [4.69, 9.17) is 21.6 Å². The Bertz CT molecular complexity index is 1140. The minimum Gasteiger partial charge on any atom is -0.463 e. The summed E-state index contributed by atoms with van der Waals surface area (Å²) in [7, 11) is 1.61. The van der Waals surface area contributed by atoms with Crippen molar-refractivity contribution in [2.45, 2.75) is 37.5 Å². The number of nitrogens with two attached hydrogens (primary N) is 1. The number of benzene rings is 1. The molecule has 3 N–H and O–H groups in total. The lowest BCUT2D eigenvalue weighted by molar-refractivity contribution is 0.102. The smallest absolute Gasteiger partial charge is 0.276 e. The van der Waals surface area contributed by atoms with Gasteiger partial charge in [0, 0.05) is 23.1 Å². The minimum atomic E-state index is -0.931. The molecule has 10 heteroatoms. The first-order valence-electron chi connectivity index (χ1n) is 10.1. The van der Waals surface area contributed by atoms with Gasteiger partial charge in [-0.3, -0.25) is 9.79 Å². The van der Waals surface area contributed by atoms with Crippen LogP contribution in [0.1, 0.15) is 42.0 Å². The first-order chi connectivity index (χ1) is 15.6. The van der Waals surface area contributed by atoms with Crippen LogP contribution in [0.15, 0.2) is 29.4 Å². The van der Waals surface area contributed by atoms with E-state index in [9.17, 15) is 9.18 Å². The van der Waals surface area contributed by atoms with E-state index in [1.54, 1.807) is 20.1 Å². The summed E-state index contributed by atoms with van der Waals surface area (Å²) in [4.78, 5) is 25.7. The molecule has 0 spiro atoms. The number of nitrogens with zero attached hydrogens (tertiary/aromatic N) is 3. The Morgan fingerprint density at radius 1 is 1.42 bits per heavy atom. The summed E-state index contributed by atoms with van der Waals surface area (Å²) in [6.45, 7) is 5.94. The third kappa shape index (κ3) is 5.61. The van der Waals surface area contributed by atoms with Gasteiger partial charge in [-0.15, -0.1) is 6.42 Å². The largest absolute Gasteiger partial charge is 0.463 e. The number of carbonyl (C=O) groups excluding carboxylic acids is 1. The second kappa shape index (κ2) is 9.77. The molecule has 1 amide bonds. The van der Waals surface area contributed by atoms with Gasteiger partial charge in [-0.25, -0.2) is 14.4 Å². The Kier molecular flexibility index (Phi) is 7.25. The number of aromatic nitrogens is 2. The molecule has 0 fully saturated rings. The molecule has 33 heavy (non-hydrogen) atoms. The van der Waals surface area contributed by atoms with Crippen LogP contribution < -0.4 is 15.8 Å². The van der Waals surface area contributed by atoms with E-state index >= 15 is 0 Å². The number of amides is 1. The van der Waals surface area contributed by atoms with Crippen molar-refractivity contribution < 1.29 is 18.7 Å². The molecule has 0 unspecified atom stereocenters. The molecule has 1 aliphatic rings. The summed E-state index contributed by atoms with van der Waals surface area (Å²) in [6.07, 6.45) is 6.99. The van der Waals surface area contributed by atoms with Gasteiger partial charge in [0.1, 0.15) is 11.5 Å². The van der Waals surface area contributed by atoms with Gasteiger partial charge in [-0.2, -0.15) is 0 Å². The third-order valence-electron chi connectivity index (χ3n) is 5.12. The number of terminal acetylenes is 1. The lowest BCUT2D eigenvalue weighted by Crippen LogP contribution is -2.43. The van der Waals surface area contributed by atoms with E-state index in [1.165, 1.54) is 30.1 Å². The maximum Gasteiger partial charge on any atom is 0.276 e. The molecule has 2 aromatic rings. The maximum absolute atomic E-state index is 14.9. The average Bonchev–Trinajstić information content (AvgIpc) is 2.72. The van der Waals surface area contributed by atoms with Crippen LogP contribution in [0.25, 0.3) is 0 Å². The summed E-state index contributed by atoms with van der Waals surface area (Å²) in [5, 5.41) is 3.11. The summed E-state index contributed by atoms with van der Waals surface area (Å²) < 4.78 is 25.1. The Morgan fingerprint density at radius 3 is 2.85 bits per heavy atom. The number of anilines is 1. The highest BCUT2D eigenvalue weighted by atomic mass is 32.2. The number of carbonyl (C=O) groups is 1. The molecule has 0 aliphatic carbocycles. The summed E-state index contributed by atoms with van der Waals surface area (Å²) in [5.74, 6) is 1.63. The standard InChI is InChI=1S/C23H26FN5O3S/c1-6-9-32-18-11-26-19(14(2)27-18)20(30)28-15-7-8-17(24)16(10-15)23(4)12-22(3,13-31-5)33-21(25)29-23/h1,7-8,10-11H,9,12-13H2,2-5H3,(H2,25,29)(H,28,30)/t22-,23+/m1/s1. The van der Waals surface area contributed by atoms with Gasteiger partial charge in [-0.1, -0.05) is 17.7 Å². The molecule has 8 nitrogen and oxygen atoms in total. The molecule has 3 rings (SSSR count). The van der Waals surface area contributed by atoms with Crippen molar-refractivity contribution >= 4 is 28.5 Å². The number of aryl methyl sites for hydroxylation is 1. The van der Waals surface area contributed by atoms with Crippen LogP contribution in [-0.2, 0) is 10.3 Å².